The summed E-state index contributed by atoms with van der Waals surface area (Å²) in [7, 11) is 0. The number of hydrogen-bond acceptors (Lipinski definition) is 3. The summed E-state index contributed by atoms with van der Waals surface area (Å²) in [5.41, 5.74) is 0.948. The third-order valence-electron chi connectivity index (χ3n) is 5.28. The van der Waals surface area contributed by atoms with E-state index in [-0.39, 0.29) is 17.4 Å². The molecule has 0 radical (unpaired) electrons. The molecule has 2 fully saturated rings. The van der Waals surface area contributed by atoms with Crippen LogP contribution in [0.5, 0.6) is 0 Å². The summed E-state index contributed by atoms with van der Waals surface area (Å²) in [6.07, 6.45) is 3.43. The number of rotatable bonds is 2. The van der Waals surface area contributed by atoms with Gasteiger partial charge in [-0.15, -0.1) is 11.3 Å². The van der Waals surface area contributed by atoms with Gasteiger partial charge < -0.3 is 10.0 Å². The van der Waals surface area contributed by atoms with E-state index in [1.807, 2.05) is 5.38 Å². The Hall–Kier alpha value is -0.870. The molecule has 0 unspecified atom stereocenters. The molecule has 4 heteroatoms. The van der Waals surface area contributed by atoms with Crippen molar-refractivity contribution in [3.63, 3.8) is 0 Å². The standard InChI is InChI=1S/C17H25NO2S/c1-11(2)14-8-12(10-21-14)16(20)18-7-6-17(3)9-13(19)4-5-15(17)18/h8,10-11,13,15,19H,4-7,9H2,1-3H3/t13-,15-,17+/m1/s1. The van der Waals surface area contributed by atoms with E-state index in [1.165, 1.54) is 4.88 Å². The lowest BCUT2D eigenvalue weighted by atomic mass is 9.71. The molecule has 1 aliphatic carbocycles. The van der Waals surface area contributed by atoms with Crippen molar-refractivity contribution in [2.75, 3.05) is 6.54 Å². The molecule has 21 heavy (non-hydrogen) atoms. The topological polar surface area (TPSA) is 40.5 Å². The lowest BCUT2D eigenvalue weighted by Crippen LogP contribution is -2.46. The Morgan fingerprint density at radius 1 is 1.48 bits per heavy atom. The zero-order valence-corrected chi connectivity index (χ0v) is 13.9. The van der Waals surface area contributed by atoms with E-state index < -0.39 is 0 Å². The molecule has 1 saturated heterocycles. The number of nitrogens with zero attached hydrogens (tertiary/aromatic N) is 1. The van der Waals surface area contributed by atoms with Crippen molar-refractivity contribution in [3.8, 4) is 0 Å². The third-order valence-corrected chi connectivity index (χ3v) is 6.51. The molecular weight excluding hydrogens is 282 g/mol. The van der Waals surface area contributed by atoms with Crippen LogP contribution in [-0.4, -0.2) is 34.6 Å². The summed E-state index contributed by atoms with van der Waals surface area (Å²) in [5, 5.41) is 11.9. The van der Waals surface area contributed by atoms with Crippen molar-refractivity contribution in [1.29, 1.82) is 0 Å². The van der Waals surface area contributed by atoms with Crippen LogP contribution in [0.25, 0.3) is 0 Å². The number of thiophene rings is 1. The van der Waals surface area contributed by atoms with Gasteiger partial charge in [0.2, 0.25) is 0 Å². The SMILES string of the molecule is CC(C)c1cc(C(=O)N2CC[C@@]3(C)C[C@H](O)CC[C@@H]23)cs1. The molecule has 0 bridgehead atoms. The van der Waals surface area contributed by atoms with Gasteiger partial charge >= 0.3 is 0 Å². The van der Waals surface area contributed by atoms with Crippen LogP contribution in [0, 0.1) is 5.41 Å². The predicted octanol–water partition coefficient (Wildman–Crippen LogP) is 3.64. The van der Waals surface area contributed by atoms with E-state index in [2.05, 4.69) is 31.7 Å². The summed E-state index contributed by atoms with van der Waals surface area (Å²) in [6, 6.07) is 2.36. The second-order valence-electron chi connectivity index (χ2n) is 7.25. The lowest BCUT2D eigenvalue weighted by molar-refractivity contribution is 0.0211. The van der Waals surface area contributed by atoms with Crippen molar-refractivity contribution in [1.82, 2.24) is 4.90 Å². The van der Waals surface area contributed by atoms with Gasteiger partial charge in [-0.25, -0.2) is 0 Å². The maximum atomic E-state index is 12.8. The van der Waals surface area contributed by atoms with Gasteiger partial charge in [0.05, 0.1) is 11.7 Å². The van der Waals surface area contributed by atoms with Gasteiger partial charge in [-0.05, 0) is 43.1 Å². The summed E-state index contributed by atoms with van der Waals surface area (Å²) in [4.78, 5) is 16.2. The number of aliphatic hydroxyl groups is 1. The number of hydrogen-bond donors (Lipinski definition) is 1. The van der Waals surface area contributed by atoms with Crippen molar-refractivity contribution in [3.05, 3.63) is 21.9 Å². The normalized spacial score (nSPS) is 32.5. The van der Waals surface area contributed by atoms with Crippen molar-refractivity contribution in [2.45, 2.75) is 64.5 Å². The van der Waals surface area contributed by atoms with Crippen LogP contribution in [0.15, 0.2) is 11.4 Å². The van der Waals surface area contributed by atoms with Crippen molar-refractivity contribution < 1.29 is 9.90 Å². The van der Waals surface area contributed by atoms with E-state index in [4.69, 9.17) is 0 Å². The second-order valence-corrected chi connectivity index (χ2v) is 8.19. The number of fused-ring (bicyclic) bond motifs is 1. The van der Waals surface area contributed by atoms with Gasteiger partial charge in [0, 0.05) is 22.8 Å². The van der Waals surface area contributed by atoms with Crippen LogP contribution in [0.4, 0.5) is 0 Å². The quantitative estimate of drug-likeness (QED) is 0.906. The van der Waals surface area contributed by atoms with Gasteiger partial charge in [0.15, 0.2) is 0 Å². The molecule has 1 aliphatic heterocycles. The Morgan fingerprint density at radius 3 is 2.90 bits per heavy atom. The first kappa shape index (κ1) is 15.0. The molecule has 3 rings (SSSR count). The zero-order valence-electron chi connectivity index (χ0n) is 13.1. The predicted molar refractivity (Wildman–Crippen MR) is 85.8 cm³/mol. The van der Waals surface area contributed by atoms with Crippen LogP contribution in [-0.2, 0) is 0 Å². The fraction of sp³-hybridized carbons (Fsp3) is 0.706. The lowest BCUT2D eigenvalue weighted by Gasteiger charge is -2.41. The third kappa shape index (κ3) is 2.64. The molecule has 1 N–H and O–H groups in total. The zero-order chi connectivity index (χ0) is 15.2. The highest BCUT2D eigenvalue weighted by atomic mass is 32.1. The highest BCUT2D eigenvalue weighted by Gasteiger charge is 2.49. The van der Waals surface area contributed by atoms with E-state index >= 15 is 0 Å². The number of likely N-dealkylation sites (tertiary alicyclic amines) is 1. The Labute approximate surface area is 131 Å². The Bertz CT molecular complexity index is 539. The Morgan fingerprint density at radius 2 is 2.24 bits per heavy atom. The van der Waals surface area contributed by atoms with Crippen LogP contribution in [0.2, 0.25) is 0 Å². The molecule has 0 aromatic carbocycles. The summed E-state index contributed by atoms with van der Waals surface area (Å²) in [6.45, 7) is 7.39. The summed E-state index contributed by atoms with van der Waals surface area (Å²) < 4.78 is 0. The smallest absolute Gasteiger partial charge is 0.254 e. The molecular formula is C17H25NO2S. The minimum Gasteiger partial charge on any atom is -0.393 e. The average molecular weight is 307 g/mol. The largest absolute Gasteiger partial charge is 0.393 e. The number of aliphatic hydroxyl groups excluding tert-OH is 1. The number of carbonyl (C=O) groups is 1. The first-order valence-corrected chi connectivity index (χ1v) is 8.86. The molecule has 1 aromatic heterocycles. The molecule has 1 saturated carbocycles. The first-order chi connectivity index (χ1) is 9.90. The minimum absolute atomic E-state index is 0.101. The molecule has 3 atom stereocenters. The van der Waals surface area contributed by atoms with E-state index in [0.717, 1.165) is 37.8 Å². The molecule has 116 valence electrons. The maximum absolute atomic E-state index is 12.8. The highest BCUT2D eigenvalue weighted by molar-refractivity contribution is 7.10. The van der Waals surface area contributed by atoms with Crippen molar-refractivity contribution >= 4 is 17.2 Å². The fourth-order valence-electron chi connectivity index (χ4n) is 3.98. The molecule has 0 spiro atoms. The molecule has 1 aromatic rings. The van der Waals surface area contributed by atoms with Crippen LogP contribution in [0.1, 0.15) is 67.6 Å². The monoisotopic (exact) mass is 307 g/mol. The average Bonchev–Trinajstić information content (AvgIpc) is 3.01. The second kappa shape index (κ2) is 5.40. The molecule has 2 heterocycles. The Kier molecular flexibility index (Phi) is 3.87. The van der Waals surface area contributed by atoms with Crippen molar-refractivity contribution in [2.24, 2.45) is 5.41 Å². The van der Waals surface area contributed by atoms with E-state index in [9.17, 15) is 9.90 Å². The van der Waals surface area contributed by atoms with E-state index in [1.54, 1.807) is 11.3 Å². The molecule has 1 amide bonds. The minimum atomic E-state index is -0.185. The van der Waals surface area contributed by atoms with Gasteiger partial charge in [-0.1, -0.05) is 20.8 Å². The van der Waals surface area contributed by atoms with Gasteiger partial charge in [0.25, 0.3) is 5.91 Å². The van der Waals surface area contributed by atoms with E-state index in [0.29, 0.717) is 12.0 Å². The van der Waals surface area contributed by atoms with Crippen LogP contribution < -0.4 is 0 Å². The summed E-state index contributed by atoms with van der Waals surface area (Å²) in [5.74, 6) is 0.661. The first-order valence-electron chi connectivity index (χ1n) is 7.98. The molecule has 3 nitrogen and oxygen atoms in total. The maximum Gasteiger partial charge on any atom is 0.254 e. The van der Waals surface area contributed by atoms with Gasteiger partial charge in [-0.3, -0.25) is 4.79 Å². The Balaban J connectivity index is 1.79. The highest BCUT2D eigenvalue weighted by Crippen LogP contribution is 2.47. The van der Waals surface area contributed by atoms with Crippen LogP contribution >= 0.6 is 11.3 Å². The van der Waals surface area contributed by atoms with Gasteiger partial charge in [-0.2, -0.15) is 0 Å². The van der Waals surface area contributed by atoms with Crippen LogP contribution in [0.3, 0.4) is 0 Å². The van der Waals surface area contributed by atoms with Gasteiger partial charge in [0.1, 0.15) is 0 Å². The fourth-order valence-corrected chi connectivity index (χ4v) is 4.88. The number of amides is 1. The number of carbonyl (C=O) groups excluding carboxylic acids is 1. The molecule has 2 aliphatic rings. The summed E-state index contributed by atoms with van der Waals surface area (Å²) >= 11 is 1.69.